The van der Waals surface area contributed by atoms with Crippen molar-refractivity contribution in [3.63, 3.8) is 0 Å². The standard InChI is InChI=1S/C17H24N2OS.ClH/c1-19(16-9-14-7-8-15(10-16)18-14)17(20)13-5-3-12(4-6-13)11-21-2;/h3-6,14-16,18H,7-11H2,1-2H3;1H. The Bertz CT molecular complexity index is 496. The first-order chi connectivity index (χ1) is 10.2. The molecule has 22 heavy (non-hydrogen) atoms. The van der Waals surface area contributed by atoms with E-state index in [-0.39, 0.29) is 18.3 Å². The van der Waals surface area contributed by atoms with Crippen molar-refractivity contribution in [1.29, 1.82) is 0 Å². The average Bonchev–Trinajstić information content (AvgIpc) is 2.85. The van der Waals surface area contributed by atoms with Gasteiger partial charge in [0.1, 0.15) is 0 Å². The fraction of sp³-hybridized carbons (Fsp3) is 0.588. The predicted octanol–water partition coefficient (Wildman–Crippen LogP) is 3.33. The highest BCUT2D eigenvalue weighted by Crippen LogP contribution is 2.29. The first kappa shape index (κ1) is 17.6. The molecule has 1 amide bonds. The molecular weight excluding hydrogens is 316 g/mol. The second kappa shape index (κ2) is 7.71. The first-order valence-corrected chi connectivity index (χ1v) is 9.18. The van der Waals surface area contributed by atoms with Gasteiger partial charge in [0.05, 0.1) is 0 Å². The third-order valence-corrected chi connectivity index (χ3v) is 5.45. The highest BCUT2D eigenvalue weighted by atomic mass is 35.5. The van der Waals surface area contributed by atoms with Crippen molar-refractivity contribution < 1.29 is 4.79 Å². The molecule has 1 N–H and O–H groups in total. The van der Waals surface area contributed by atoms with Crippen LogP contribution >= 0.6 is 24.2 Å². The molecule has 2 bridgehead atoms. The van der Waals surface area contributed by atoms with E-state index in [2.05, 4.69) is 23.7 Å². The minimum atomic E-state index is 0. The van der Waals surface area contributed by atoms with E-state index < -0.39 is 0 Å². The van der Waals surface area contributed by atoms with Crippen LogP contribution in [-0.4, -0.2) is 42.2 Å². The van der Waals surface area contributed by atoms with Gasteiger partial charge in [-0.1, -0.05) is 12.1 Å². The number of carbonyl (C=O) groups excluding carboxylic acids is 1. The van der Waals surface area contributed by atoms with Crippen LogP contribution in [0.15, 0.2) is 24.3 Å². The third kappa shape index (κ3) is 3.79. The smallest absolute Gasteiger partial charge is 0.253 e. The van der Waals surface area contributed by atoms with Crippen molar-refractivity contribution in [2.45, 2.75) is 49.6 Å². The number of nitrogens with one attached hydrogen (secondary N) is 1. The van der Waals surface area contributed by atoms with Crippen LogP contribution in [0, 0.1) is 0 Å². The molecule has 0 spiro atoms. The van der Waals surface area contributed by atoms with Gasteiger partial charge >= 0.3 is 0 Å². The first-order valence-electron chi connectivity index (χ1n) is 7.78. The van der Waals surface area contributed by atoms with E-state index in [1.165, 1.54) is 18.4 Å². The maximum absolute atomic E-state index is 12.6. The highest BCUT2D eigenvalue weighted by Gasteiger charge is 2.36. The largest absolute Gasteiger partial charge is 0.339 e. The molecule has 1 aromatic rings. The Balaban J connectivity index is 0.00000176. The van der Waals surface area contributed by atoms with Crippen molar-refractivity contribution in [2.75, 3.05) is 13.3 Å². The molecular formula is C17H25ClN2OS. The van der Waals surface area contributed by atoms with Crippen molar-refractivity contribution >= 4 is 30.1 Å². The summed E-state index contributed by atoms with van der Waals surface area (Å²) in [6.07, 6.45) is 6.84. The number of rotatable bonds is 4. The van der Waals surface area contributed by atoms with Gasteiger partial charge in [-0.2, -0.15) is 11.8 Å². The molecule has 0 radical (unpaired) electrons. The van der Waals surface area contributed by atoms with E-state index in [1.807, 2.05) is 24.1 Å². The Morgan fingerprint density at radius 2 is 1.82 bits per heavy atom. The van der Waals surface area contributed by atoms with Gasteiger partial charge in [0, 0.05) is 36.5 Å². The number of hydrogen-bond donors (Lipinski definition) is 1. The number of carbonyl (C=O) groups is 1. The second-order valence-corrected chi connectivity index (χ2v) is 7.18. The van der Waals surface area contributed by atoms with E-state index in [1.54, 1.807) is 11.8 Å². The number of halogens is 1. The lowest BCUT2D eigenvalue weighted by molar-refractivity contribution is 0.0681. The van der Waals surface area contributed by atoms with E-state index >= 15 is 0 Å². The molecule has 3 rings (SSSR count). The maximum Gasteiger partial charge on any atom is 0.253 e. The highest BCUT2D eigenvalue weighted by molar-refractivity contribution is 7.97. The topological polar surface area (TPSA) is 32.3 Å². The van der Waals surface area contributed by atoms with Crippen molar-refractivity contribution in [3.8, 4) is 0 Å². The number of hydrogen-bond acceptors (Lipinski definition) is 3. The Kier molecular flexibility index (Phi) is 6.18. The summed E-state index contributed by atoms with van der Waals surface area (Å²) in [5.41, 5.74) is 2.09. The molecule has 2 aliphatic heterocycles. The summed E-state index contributed by atoms with van der Waals surface area (Å²) in [5.74, 6) is 1.17. The SMILES string of the molecule is CSCc1ccc(C(=O)N(C)C2CC3CCC(C2)N3)cc1.Cl. The fourth-order valence-corrected chi connectivity index (χ4v) is 4.15. The van der Waals surface area contributed by atoms with Gasteiger partial charge in [0.2, 0.25) is 0 Å². The molecule has 2 fully saturated rings. The fourth-order valence-electron chi connectivity index (χ4n) is 3.62. The minimum absolute atomic E-state index is 0. The normalized spacial score (nSPS) is 26.4. The van der Waals surface area contributed by atoms with Crippen LogP contribution in [0.25, 0.3) is 0 Å². The van der Waals surface area contributed by atoms with Gasteiger partial charge in [-0.25, -0.2) is 0 Å². The third-order valence-electron chi connectivity index (χ3n) is 4.83. The molecule has 2 heterocycles. The molecule has 3 nitrogen and oxygen atoms in total. The number of nitrogens with zero attached hydrogens (tertiary/aromatic N) is 1. The van der Waals surface area contributed by atoms with Crippen LogP contribution in [-0.2, 0) is 5.75 Å². The molecule has 2 atom stereocenters. The lowest BCUT2D eigenvalue weighted by atomic mass is 9.98. The number of benzene rings is 1. The van der Waals surface area contributed by atoms with Gasteiger partial charge in [0.15, 0.2) is 0 Å². The molecule has 122 valence electrons. The van der Waals surface area contributed by atoms with Crippen LogP contribution in [0.5, 0.6) is 0 Å². The molecule has 5 heteroatoms. The Morgan fingerprint density at radius 1 is 1.23 bits per heavy atom. The molecule has 0 aromatic heterocycles. The van der Waals surface area contributed by atoms with Gasteiger partial charge < -0.3 is 10.2 Å². The maximum atomic E-state index is 12.6. The van der Waals surface area contributed by atoms with Gasteiger partial charge in [0.25, 0.3) is 5.91 Å². The lowest BCUT2D eigenvalue weighted by Crippen LogP contribution is -2.48. The van der Waals surface area contributed by atoms with Gasteiger partial charge in [-0.05, 0) is 49.6 Å². The second-order valence-electron chi connectivity index (χ2n) is 6.31. The van der Waals surface area contributed by atoms with Crippen molar-refractivity contribution in [3.05, 3.63) is 35.4 Å². The predicted molar refractivity (Wildman–Crippen MR) is 96.0 cm³/mol. The van der Waals surface area contributed by atoms with E-state index in [0.717, 1.165) is 24.2 Å². The summed E-state index contributed by atoms with van der Waals surface area (Å²) in [6.45, 7) is 0. The molecule has 0 aliphatic carbocycles. The zero-order chi connectivity index (χ0) is 14.8. The molecule has 0 saturated carbocycles. The summed E-state index contributed by atoms with van der Waals surface area (Å²) in [6, 6.07) is 9.72. The van der Waals surface area contributed by atoms with Crippen LogP contribution < -0.4 is 5.32 Å². The summed E-state index contributed by atoms with van der Waals surface area (Å²) in [4.78, 5) is 14.6. The van der Waals surface area contributed by atoms with Crippen LogP contribution in [0.2, 0.25) is 0 Å². The minimum Gasteiger partial charge on any atom is -0.339 e. The molecule has 2 unspecified atom stereocenters. The Hall–Kier alpha value is -0.710. The number of piperidine rings is 1. The number of amides is 1. The van der Waals surface area contributed by atoms with Crippen LogP contribution in [0.3, 0.4) is 0 Å². The van der Waals surface area contributed by atoms with Gasteiger partial charge in [-0.3, -0.25) is 4.79 Å². The van der Waals surface area contributed by atoms with Crippen LogP contribution in [0.1, 0.15) is 41.6 Å². The quantitative estimate of drug-likeness (QED) is 0.912. The monoisotopic (exact) mass is 340 g/mol. The van der Waals surface area contributed by atoms with Crippen molar-refractivity contribution in [2.24, 2.45) is 0 Å². The van der Waals surface area contributed by atoms with E-state index in [4.69, 9.17) is 0 Å². The summed E-state index contributed by atoms with van der Waals surface area (Å²) < 4.78 is 0. The zero-order valence-corrected chi connectivity index (χ0v) is 14.9. The average molecular weight is 341 g/mol. The summed E-state index contributed by atoms with van der Waals surface area (Å²) in [5, 5.41) is 3.64. The summed E-state index contributed by atoms with van der Waals surface area (Å²) >= 11 is 1.80. The van der Waals surface area contributed by atoms with Gasteiger partial charge in [-0.15, -0.1) is 12.4 Å². The van der Waals surface area contributed by atoms with E-state index in [0.29, 0.717) is 18.1 Å². The van der Waals surface area contributed by atoms with E-state index in [9.17, 15) is 4.79 Å². The Morgan fingerprint density at radius 3 is 2.36 bits per heavy atom. The Labute approximate surface area is 143 Å². The number of thioether (sulfide) groups is 1. The molecule has 2 saturated heterocycles. The molecule has 2 aliphatic rings. The molecule has 1 aromatic carbocycles. The van der Waals surface area contributed by atoms with Crippen molar-refractivity contribution in [1.82, 2.24) is 10.2 Å². The lowest BCUT2D eigenvalue weighted by Gasteiger charge is -2.35. The van der Waals surface area contributed by atoms with Crippen LogP contribution in [0.4, 0.5) is 0 Å². The summed E-state index contributed by atoms with van der Waals surface area (Å²) in [7, 11) is 1.97. The zero-order valence-electron chi connectivity index (χ0n) is 13.2. The number of fused-ring (bicyclic) bond motifs is 2.